The minimum Gasteiger partial charge on any atom is -0.340 e. The van der Waals surface area contributed by atoms with E-state index >= 15 is 0 Å². The number of rotatable bonds is 4. The Labute approximate surface area is 115 Å². The van der Waals surface area contributed by atoms with Crippen LogP contribution in [-0.2, 0) is 0 Å². The Balaban J connectivity index is 1.61. The first-order valence-electron chi connectivity index (χ1n) is 7.46. The van der Waals surface area contributed by atoms with Crippen LogP contribution in [0.2, 0.25) is 0 Å². The molecule has 2 heterocycles. The second kappa shape index (κ2) is 5.45. The number of hydrogen-bond donors (Lipinski definition) is 0. The van der Waals surface area contributed by atoms with Crippen molar-refractivity contribution in [2.24, 2.45) is 5.92 Å². The molecule has 1 unspecified atom stereocenters. The Kier molecular flexibility index (Phi) is 3.69. The van der Waals surface area contributed by atoms with Gasteiger partial charge in [-0.1, -0.05) is 0 Å². The lowest BCUT2D eigenvalue weighted by Crippen LogP contribution is -2.47. The fraction of sp³-hybridized carbons (Fsp3) is 0.733. The second-order valence-corrected chi connectivity index (χ2v) is 6.17. The fourth-order valence-electron chi connectivity index (χ4n) is 2.91. The van der Waals surface area contributed by atoms with Gasteiger partial charge in [-0.25, -0.2) is 9.97 Å². The Hall–Kier alpha value is -1.16. The van der Waals surface area contributed by atoms with E-state index in [4.69, 9.17) is 0 Å². The third-order valence-electron chi connectivity index (χ3n) is 4.32. The van der Waals surface area contributed by atoms with E-state index in [0.29, 0.717) is 6.04 Å². The average molecular weight is 260 g/mol. The van der Waals surface area contributed by atoms with E-state index in [-0.39, 0.29) is 0 Å². The van der Waals surface area contributed by atoms with Gasteiger partial charge >= 0.3 is 0 Å². The fourth-order valence-corrected chi connectivity index (χ4v) is 2.91. The number of likely N-dealkylation sites (tertiary alicyclic amines) is 1. The number of nitrogens with zero attached hydrogens (tertiary/aromatic N) is 4. The van der Waals surface area contributed by atoms with Gasteiger partial charge in [0.05, 0.1) is 0 Å². The van der Waals surface area contributed by atoms with Crippen molar-refractivity contribution in [3.05, 3.63) is 18.0 Å². The van der Waals surface area contributed by atoms with Gasteiger partial charge in [0.2, 0.25) is 5.95 Å². The van der Waals surface area contributed by atoms with Gasteiger partial charge in [-0.2, -0.15) is 0 Å². The van der Waals surface area contributed by atoms with Gasteiger partial charge in [0.15, 0.2) is 0 Å². The van der Waals surface area contributed by atoms with E-state index in [9.17, 15) is 0 Å². The Bertz CT molecular complexity index is 413. The Morgan fingerprint density at radius 3 is 2.68 bits per heavy atom. The summed E-state index contributed by atoms with van der Waals surface area (Å²) in [5, 5.41) is 0. The Morgan fingerprint density at radius 1 is 1.26 bits per heavy atom. The van der Waals surface area contributed by atoms with E-state index in [1.165, 1.54) is 45.3 Å². The molecule has 1 saturated carbocycles. The molecule has 1 aromatic heterocycles. The molecule has 0 radical (unpaired) electrons. The maximum absolute atomic E-state index is 4.45. The summed E-state index contributed by atoms with van der Waals surface area (Å²) in [7, 11) is 2.13. The largest absolute Gasteiger partial charge is 0.340 e. The zero-order chi connectivity index (χ0) is 13.2. The van der Waals surface area contributed by atoms with Crippen LogP contribution >= 0.6 is 0 Å². The smallest absolute Gasteiger partial charge is 0.225 e. The number of piperidine rings is 1. The molecule has 3 rings (SSSR count). The number of aromatic nitrogens is 2. The minimum absolute atomic E-state index is 0.565. The predicted molar refractivity (Wildman–Crippen MR) is 77.4 cm³/mol. The maximum atomic E-state index is 4.45. The van der Waals surface area contributed by atoms with Crippen LogP contribution < -0.4 is 4.90 Å². The molecule has 19 heavy (non-hydrogen) atoms. The molecule has 0 aromatic carbocycles. The standard InChI is InChI=1S/C15H24N4/c1-12-8-16-15(17-9-12)18(2)14-4-3-7-19(11-14)10-13-5-6-13/h8-9,13-14H,3-7,10-11H2,1-2H3. The van der Waals surface area contributed by atoms with Crippen molar-refractivity contribution in [3.63, 3.8) is 0 Å². The summed E-state index contributed by atoms with van der Waals surface area (Å²) in [6.45, 7) is 5.78. The molecule has 4 nitrogen and oxygen atoms in total. The first-order chi connectivity index (χ1) is 9.22. The molecule has 2 fully saturated rings. The average Bonchev–Trinajstić information content (AvgIpc) is 3.23. The van der Waals surface area contributed by atoms with Crippen LogP contribution in [0.1, 0.15) is 31.2 Å². The van der Waals surface area contributed by atoms with Gasteiger partial charge in [-0.3, -0.25) is 0 Å². The van der Waals surface area contributed by atoms with E-state index < -0.39 is 0 Å². The van der Waals surface area contributed by atoms with Gasteiger partial charge in [0, 0.05) is 38.6 Å². The van der Waals surface area contributed by atoms with Crippen molar-refractivity contribution in [2.75, 3.05) is 31.6 Å². The van der Waals surface area contributed by atoms with E-state index in [2.05, 4.69) is 26.8 Å². The molecule has 104 valence electrons. The lowest BCUT2D eigenvalue weighted by Gasteiger charge is -2.37. The summed E-state index contributed by atoms with van der Waals surface area (Å²) in [6, 6.07) is 0.565. The van der Waals surface area contributed by atoms with Crippen molar-refractivity contribution in [3.8, 4) is 0 Å². The first-order valence-corrected chi connectivity index (χ1v) is 7.46. The number of anilines is 1. The van der Waals surface area contributed by atoms with Crippen molar-refractivity contribution < 1.29 is 0 Å². The van der Waals surface area contributed by atoms with Crippen LogP contribution in [0.3, 0.4) is 0 Å². The third kappa shape index (κ3) is 3.24. The van der Waals surface area contributed by atoms with Crippen LogP contribution in [-0.4, -0.2) is 47.6 Å². The zero-order valence-corrected chi connectivity index (χ0v) is 12.0. The van der Waals surface area contributed by atoms with Crippen LogP contribution in [0.15, 0.2) is 12.4 Å². The summed E-state index contributed by atoms with van der Waals surface area (Å²) in [5.41, 5.74) is 1.12. The molecule has 1 saturated heterocycles. The highest BCUT2D eigenvalue weighted by Gasteiger charge is 2.29. The minimum atomic E-state index is 0.565. The lowest BCUT2D eigenvalue weighted by atomic mass is 10.0. The van der Waals surface area contributed by atoms with Crippen LogP contribution in [0.5, 0.6) is 0 Å². The van der Waals surface area contributed by atoms with Gasteiger partial charge in [-0.15, -0.1) is 0 Å². The second-order valence-electron chi connectivity index (χ2n) is 6.17. The topological polar surface area (TPSA) is 32.3 Å². The molecular weight excluding hydrogens is 236 g/mol. The molecule has 4 heteroatoms. The molecule has 1 aromatic rings. The molecule has 2 aliphatic rings. The third-order valence-corrected chi connectivity index (χ3v) is 4.32. The van der Waals surface area contributed by atoms with Gasteiger partial charge in [0.1, 0.15) is 0 Å². The van der Waals surface area contributed by atoms with Crippen molar-refractivity contribution in [1.82, 2.24) is 14.9 Å². The highest BCUT2D eigenvalue weighted by molar-refractivity contribution is 5.30. The highest BCUT2D eigenvalue weighted by atomic mass is 15.3. The predicted octanol–water partition coefficient (Wildman–Crippen LogP) is 2.10. The van der Waals surface area contributed by atoms with E-state index in [1.807, 2.05) is 19.3 Å². The molecule has 0 amide bonds. The number of aryl methyl sites for hydroxylation is 1. The van der Waals surface area contributed by atoms with Gasteiger partial charge in [-0.05, 0) is 50.6 Å². The van der Waals surface area contributed by atoms with Crippen LogP contribution in [0, 0.1) is 12.8 Å². The molecule has 1 aliphatic heterocycles. The van der Waals surface area contributed by atoms with Crippen molar-refractivity contribution in [2.45, 2.75) is 38.6 Å². The first kappa shape index (κ1) is 12.9. The Morgan fingerprint density at radius 2 is 2.00 bits per heavy atom. The monoisotopic (exact) mass is 260 g/mol. The SMILES string of the molecule is Cc1cnc(N(C)C2CCCN(CC3CC3)C2)nc1. The molecule has 1 aliphatic carbocycles. The molecule has 0 bridgehead atoms. The summed E-state index contributed by atoms with van der Waals surface area (Å²) < 4.78 is 0. The van der Waals surface area contributed by atoms with Gasteiger partial charge < -0.3 is 9.80 Å². The molecule has 0 N–H and O–H groups in total. The quantitative estimate of drug-likeness (QED) is 0.830. The summed E-state index contributed by atoms with van der Waals surface area (Å²) >= 11 is 0. The summed E-state index contributed by atoms with van der Waals surface area (Å²) in [5.74, 6) is 1.85. The summed E-state index contributed by atoms with van der Waals surface area (Å²) in [4.78, 5) is 13.8. The molecule has 0 spiro atoms. The van der Waals surface area contributed by atoms with Crippen LogP contribution in [0.25, 0.3) is 0 Å². The van der Waals surface area contributed by atoms with Crippen molar-refractivity contribution >= 4 is 5.95 Å². The van der Waals surface area contributed by atoms with Crippen LogP contribution in [0.4, 0.5) is 5.95 Å². The normalized spacial score (nSPS) is 24.4. The number of hydrogen-bond acceptors (Lipinski definition) is 4. The molecule has 1 atom stereocenters. The number of likely N-dealkylation sites (N-methyl/N-ethyl adjacent to an activating group) is 1. The summed E-state index contributed by atoms with van der Waals surface area (Å²) in [6.07, 6.45) is 9.26. The van der Waals surface area contributed by atoms with E-state index in [1.54, 1.807) is 0 Å². The van der Waals surface area contributed by atoms with E-state index in [0.717, 1.165) is 17.4 Å². The lowest BCUT2D eigenvalue weighted by molar-refractivity contribution is 0.198. The molecular formula is C15H24N4. The van der Waals surface area contributed by atoms with Crippen molar-refractivity contribution in [1.29, 1.82) is 0 Å². The zero-order valence-electron chi connectivity index (χ0n) is 12.0. The highest BCUT2D eigenvalue weighted by Crippen LogP contribution is 2.31. The van der Waals surface area contributed by atoms with Gasteiger partial charge in [0.25, 0.3) is 0 Å². The maximum Gasteiger partial charge on any atom is 0.225 e.